The highest BCUT2D eigenvalue weighted by Gasteiger charge is 2.08. The zero-order valence-electron chi connectivity index (χ0n) is 13.6. The quantitative estimate of drug-likeness (QED) is 0.184. The maximum atomic E-state index is 2.26. The number of hydrogen-bond acceptors (Lipinski definition) is 0. The Morgan fingerprint density at radius 1 is 0.583 bits per heavy atom. The van der Waals surface area contributed by atoms with Gasteiger partial charge in [-0.25, -0.2) is 9.13 Å². The van der Waals surface area contributed by atoms with Crippen molar-refractivity contribution in [3.63, 3.8) is 0 Å². The maximum absolute atomic E-state index is 2.26. The number of benzene rings is 2. The van der Waals surface area contributed by atoms with Gasteiger partial charge in [0.1, 0.15) is 14.1 Å². The summed E-state index contributed by atoms with van der Waals surface area (Å²) in [6.07, 6.45) is 4.16. The molecule has 4 heteroatoms. The molecule has 0 aliphatic heterocycles. The molecule has 4 rings (SSSR count). The third-order valence-electron chi connectivity index (χ3n) is 4.32. The molecule has 4 aromatic rings. The Labute approximate surface area is 176 Å². The van der Waals surface area contributed by atoms with Crippen LogP contribution in [-0.4, -0.2) is 0 Å². The molecule has 0 amide bonds. The van der Waals surface area contributed by atoms with E-state index in [1.54, 1.807) is 0 Å². The number of hydrogen-bond donors (Lipinski definition) is 0. The first kappa shape index (κ1) is 19.1. The Balaban J connectivity index is 0.00000104. The van der Waals surface area contributed by atoms with E-state index in [0.29, 0.717) is 0 Å². The molecule has 0 unspecified atom stereocenters. The summed E-state index contributed by atoms with van der Waals surface area (Å²) >= 11 is 0. The van der Waals surface area contributed by atoms with Crippen molar-refractivity contribution in [1.29, 1.82) is 0 Å². The van der Waals surface area contributed by atoms with Gasteiger partial charge in [-0.2, -0.15) is 0 Å². The van der Waals surface area contributed by atoms with Gasteiger partial charge in [-0.05, 0) is 47.5 Å². The molecule has 2 aromatic heterocycles. The van der Waals surface area contributed by atoms with Crippen LogP contribution < -0.4 is 57.1 Å². The number of fused-ring (bicyclic) bond motifs is 2. The molecule has 0 atom stereocenters. The molecule has 122 valence electrons. The molecule has 0 saturated carbocycles. The van der Waals surface area contributed by atoms with Crippen LogP contribution in [0.4, 0.5) is 0 Å². The molecule has 0 spiro atoms. The lowest BCUT2D eigenvalue weighted by Crippen LogP contribution is -3.00. The highest BCUT2D eigenvalue weighted by molar-refractivity contribution is 5.86. The molecule has 0 aliphatic rings. The monoisotopic (exact) mass is 540 g/mol. The van der Waals surface area contributed by atoms with E-state index in [0.717, 1.165) is 0 Å². The van der Waals surface area contributed by atoms with Crippen molar-refractivity contribution < 1.29 is 57.1 Å². The first-order chi connectivity index (χ1) is 10.7. The average Bonchev–Trinajstić information content (AvgIpc) is 2.55. The second kappa shape index (κ2) is 7.74. The minimum absolute atomic E-state index is 0. The lowest BCUT2D eigenvalue weighted by Gasteiger charge is -2.04. The fourth-order valence-electron chi connectivity index (χ4n) is 3.09. The van der Waals surface area contributed by atoms with Crippen LogP contribution in [0.5, 0.6) is 0 Å². The van der Waals surface area contributed by atoms with E-state index in [1.165, 1.54) is 32.9 Å². The van der Waals surface area contributed by atoms with Gasteiger partial charge in [0.2, 0.25) is 11.0 Å². The third-order valence-corrected chi connectivity index (χ3v) is 4.32. The van der Waals surface area contributed by atoms with Crippen LogP contribution in [0.25, 0.3) is 32.9 Å². The SMILES string of the molecule is C[n+]1cccc2cc(-c3ccc4c(ccc[n+]4C)c3)ccc21.[I-].[I-]. The summed E-state index contributed by atoms with van der Waals surface area (Å²) in [6, 6.07) is 21.8. The lowest BCUT2D eigenvalue weighted by molar-refractivity contribution is -0.645. The van der Waals surface area contributed by atoms with Gasteiger partial charge < -0.3 is 48.0 Å². The summed E-state index contributed by atoms with van der Waals surface area (Å²) in [5.41, 5.74) is 5.01. The van der Waals surface area contributed by atoms with Crippen LogP contribution in [0.15, 0.2) is 73.1 Å². The first-order valence-electron chi connectivity index (χ1n) is 7.49. The van der Waals surface area contributed by atoms with Crippen LogP contribution in [-0.2, 0) is 14.1 Å². The predicted molar refractivity (Wildman–Crippen MR) is 89.2 cm³/mol. The molecule has 0 saturated heterocycles. The summed E-state index contributed by atoms with van der Waals surface area (Å²) in [7, 11) is 4.16. The van der Waals surface area contributed by atoms with Crippen LogP contribution in [0.3, 0.4) is 0 Å². The van der Waals surface area contributed by atoms with Crippen LogP contribution in [0.2, 0.25) is 0 Å². The molecule has 2 heterocycles. The standard InChI is InChI=1S/C20H18N2.2HI/c1-21-11-3-5-17-13-15(7-9-19(17)21)16-8-10-20-18(14-16)6-4-12-22(20)2;;/h3-14H,1-2H3;2*1H/q+2;;/p-2. The molecule has 2 nitrogen and oxygen atoms in total. The molecular weight excluding hydrogens is 522 g/mol. The number of halogens is 2. The Morgan fingerprint density at radius 2 is 1.00 bits per heavy atom. The molecule has 0 aliphatic carbocycles. The summed E-state index contributed by atoms with van der Waals surface area (Å²) < 4.78 is 4.30. The fraction of sp³-hybridized carbons (Fsp3) is 0.100. The van der Waals surface area contributed by atoms with Gasteiger partial charge in [-0.3, -0.25) is 0 Å². The minimum atomic E-state index is 0. The molecular formula is C20H18I2N2. The topological polar surface area (TPSA) is 7.76 Å². The van der Waals surface area contributed by atoms with Crippen molar-refractivity contribution in [3.8, 4) is 11.1 Å². The normalized spacial score (nSPS) is 10.2. The predicted octanol–water partition coefficient (Wildman–Crippen LogP) is -2.68. The zero-order chi connectivity index (χ0) is 15.1. The van der Waals surface area contributed by atoms with Crippen molar-refractivity contribution in [2.24, 2.45) is 14.1 Å². The van der Waals surface area contributed by atoms with Gasteiger partial charge in [0.05, 0.1) is 0 Å². The van der Waals surface area contributed by atoms with Gasteiger partial charge in [-0.15, -0.1) is 0 Å². The van der Waals surface area contributed by atoms with Crippen molar-refractivity contribution in [1.82, 2.24) is 0 Å². The van der Waals surface area contributed by atoms with Gasteiger partial charge >= 0.3 is 0 Å². The summed E-state index contributed by atoms with van der Waals surface area (Å²) in [5.74, 6) is 0. The van der Waals surface area contributed by atoms with Crippen molar-refractivity contribution in [2.45, 2.75) is 0 Å². The molecule has 24 heavy (non-hydrogen) atoms. The van der Waals surface area contributed by atoms with Gasteiger partial charge in [0.25, 0.3) is 0 Å². The van der Waals surface area contributed by atoms with Gasteiger partial charge in [-0.1, -0.05) is 0 Å². The van der Waals surface area contributed by atoms with Gasteiger partial charge in [0.15, 0.2) is 12.4 Å². The summed E-state index contributed by atoms with van der Waals surface area (Å²) in [6.45, 7) is 0. The number of aromatic nitrogens is 2. The molecule has 0 fully saturated rings. The minimum Gasteiger partial charge on any atom is -1.00 e. The van der Waals surface area contributed by atoms with E-state index in [4.69, 9.17) is 0 Å². The zero-order valence-corrected chi connectivity index (χ0v) is 17.9. The van der Waals surface area contributed by atoms with E-state index in [9.17, 15) is 0 Å². The Hall–Kier alpha value is -1.28. The second-order valence-corrected chi connectivity index (χ2v) is 5.79. The van der Waals surface area contributed by atoms with Crippen LogP contribution in [0, 0.1) is 0 Å². The Bertz CT molecular complexity index is 929. The average molecular weight is 540 g/mol. The van der Waals surface area contributed by atoms with E-state index >= 15 is 0 Å². The summed E-state index contributed by atoms with van der Waals surface area (Å²) in [5, 5.41) is 2.53. The molecule has 0 N–H and O–H groups in total. The Morgan fingerprint density at radius 3 is 1.42 bits per heavy atom. The van der Waals surface area contributed by atoms with Crippen LogP contribution in [0.1, 0.15) is 0 Å². The lowest BCUT2D eigenvalue weighted by atomic mass is 10.0. The number of aryl methyl sites for hydroxylation is 2. The maximum Gasteiger partial charge on any atom is 0.212 e. The molecule has 0 bridgehead atoms. The molecule has 2 aromatic carbocycles. The van der Waals surface area contributed by atoms with E-state index in [2.05, 4.69) is 96.3 Å². The number of pyridine rings is 2. The van der Waals surface area contributed by atoms with Gasteiger partial charge in [0, 0.05) is 35.0 Å². The Kier molecular flexibility index (Phi) is 6.14. The van der Waals surface area contributed by atoms with Crippen molar-refractivity contribution >= 4 is 21.8 Å². The smallest absolute Gasteiger partial charge is 0.212 e. The highest BCUT2D eigenvalue weighted by atomic mass is 127. The largest absolute Gasteiger partial charge is 1.00 e. The van der Waals surface area contributed by atoms with Crippen LogP contribution >= 0.6 is 0 Å². The highest BCUT2D eigenvalue weighted by Crippen LogP contribution is 2.25. The summed E-state index contributed by atoms with van der Waals surface area (Å²) in [4.78, 5) is 0. The van der Waals surface area contributed by atoms with Crippen molar-refractivity contribution in [3.05, 3.63) is 73.1 Å². The van der Waals surface area contributed by atoms with E-state index < -0.39 is 0 Å². The second-order valence-electron chi connectivity index (χ2n) is 5.79. The number of nitrogens with zero attached hydrogens (tertiary/aromatic N) is 2. The fourth-order valence-corrected chi connectivity index (χ4v) is 3.09. The first-order valence-corrected chi connectivity index (χ1v) is 7.49. The van der Waals surface area contributed by atoms with E-state index in [1.807, 2.05) is 0 Å². The third kappa shape index (κ3) is 3.39. The number of rotatable bonds is 1. The van der Waals surface area contributed by atoms with Crippen molar-refractivity contribution in [2.75, 3.05) is 0 Å². The van der Waals surface area contributed by atoms with E-state index in [-0.39, 0.29) is 48.0 Å². The molecule has 0 radical (unpaired) electrons.